The fourth-order valence-electron chi connectivity index (χ4n) is 2.32. The topological polar surface area (TPSA) is 52.0 Å². The zero-order valence-electron chi connectivity index (χ0n) is 12.1. The first-order valence-electron chi connectivity index (χ1n) is 6.87. The third kappa shape index (κ3) is 2.59. The van der Waals surface area contributed by atoms with Gasteiger partial charge in [0.05, 0.1) is 5.69 Å². The number of benzene rings is 1. The maximum Gasteiger partial charge on any atom is 0.209 e. The van der Waals surface area contributed by atoms with Gasteiger partial charge in [-0.15, -0.1) is 0 Å². The smallest absolute Gasteiger partial charge is 0.209 e. The van der Waals surface area contributed by atoms with Crippen molar-refractivity contribution in [2.24, 2.45) is 7.05 Å². The lowest BCUT2D eigenvalue weighted by Crippen LogP contribution is -2.06. The van der Waals surface area contributed by atoms with Crippen molar-refractivity contribution in [1.82, 2.24) is 9.55 Å². The van der Waals surface area contributed by atoms with Crippen molar-refractivity contribution in [3.8, 4) is 0 Å². The van der Waals surface area contributed by atoms with E-state index in [1.165, 1.54) is 0 Å². The highest BCUT2D eigenvalue weighted by Crippen LogP contribution is 2.16. The average molecular weight is 290 g/mol. The quantitative estimate of drug-likeness (QED) is 0.694. The minimum Gasteiger partial charge on any atom is -0.347 e. The summed E-state index contributed by atoms with van der Waals surface area (Å²) in [5.41, 5.74) is 2.14. The number of pyridine rings is 1. The first kappa shape index (κ1) is 13.9. The van der Waals surface area contributed by atoms with Crippen LogP contribution in [0.5, 0.6) is 0 Å². The second-order valence-electron chi connectivity index (χ2n) is 4.99. The zero-order chi connectivity index (χ0) is 15.5. The van der Waals surface area contributed by atoms with E-state index in [0.29, 0.717) is 22.4 Å². The molecule has 0 N–H and O–H groups in total. The summed E-state index contributed by atoms with van der Waals surface area (Å²) in [6.07, 6.45) is 4.83. The minimum atomic E-state index is -0.120. The van der Waals surface area contributed by atoms with E-state index in [0.717, 1.165) is 0 Å². The number of hydrogen-bond acceptors (Lipinski definition) is 3. The first-order chi connectivity index (χ1) is 10.7. The highest BCUT2D eigenvalue weighted by atomic mass is 16.1. The Morgan fingerprint density at radius 2 is 1.50 bits per heavy atom. The molecule has 22 heavy (non-hydrogen) atoms. The molecule has 0 radical (unpaired) electrons. The number of carbonyl (C=O) groups excluding carboxylic acids is 2. The predicted molar refractivity (Wildman–Crippen MR) is 83.0 cm³/mol. The van der Waals surface area contributed by atoms with Crippen molar-refractivity contribution >= 4 is 11.6 Å². The molecule has 3 rings (SSSR count). The van der Waals surface area contributed by atoms with Crippen molar-refractivity contribution in [3.05, 3.63) is 89.5 Å². The van der Waals surface area contributed by atoms with E-state index in [9.17, 15) is 9.59 Å². The molecule has 0 saturated heterocycles. The van der Waals surface area contributed by atoms with Gasteiger partial charge in [-0.3, -0.25) is 14.6 Å². The van der Waals surface area contributed by atoms with E-state index in [-0.39, 0.29) is 11.6 Å². The van der Waals surface area contributed by atoms with Gasteiger partial charge in [-0.25, -0.2) is 0 Å². The van der Waals surface area contributed by atoms with Crippen LogP contribution in [0.1, 0.15) is 32.0 Å². The molecule has 3 aromatic rings. The van der Waals surface area contributed by atoms with Crippen LogP contribution in [0.4, 0.5) is 0 Å². The maximum atomic E-state index is 12.5. The summed E-state index contributed by atoms with van der Waals surface area (Å²) >= 11 is 0. The standard InChI is InChI=1S/C18H14N2O2/c1-20-12-15(17(21)14-7-9-19-10-8-14)11-16(20)18(22)13-5-3-2-4-6-13/h2-12H,1H3. The van der Waals surface area contributed by atoms with Crippen molar-refractivity contribution in [3.63, 3.8) is 0 Å². The second-order valence-corrected chi connectivity index (χ2v) is 4.99. The molecule has 0 aliphatic heterocycles. The Kier molecular flexibility index (Phi) is 3.66. The number of aryl methyl sites for hydroxylation is 1. The van der Waals surface area contributed by atoms with Crippen molar-refractivity contribution < 1.29 is 9.59 Å². The molecule has 2 heterocycles. The van der Waals surface area contributed by atoms with Crippen LogP contribution in [0.15, 0.2) is 67.1 Å². The molecule has 108 valence electrons. The highest BCUT2D eigenvalue weighted by Gasteiger charge is 2.17. The Bertz CT molecular complexity index is 821. The SMILES string of the molecule is Cn1cc(C(=O)c2ccncc2)cc1C(=O)c1ccccc1. The fraction of sp³-hybridized carbons (Fsp3) is 0.0556. The third-order valence-electron chi connectivity index (χ3n) is 3.48. The summed E-state index contributed by atoms with van der Waals surface area (Å²) in [5.74, 6) is -0.220. The predicted octanol–water partition coefficient (Wildman–Crippen LogP) is 2.88. The van der Waals surface area contributed by atoms with E-state index in [1.54, 1.807) is 60.5 Å². The van der Waals surface area contributed by atoms with Crippen LogP contribution in [0, 0.1) is 0 Å². The molecule has 0 atom stereocenters. The fourth-order valence-corrected chi connectivity index (χ4v) is 2.32. The number of carbonyl (C=O) groups is 2. The van der Waals surface area contributed by atoms with E-state index in [2.05, 4.69) is 4.98 Å². The van der Waals surface area contributed by atoms with Crippen LogP contribution in [0.25, 0.3) is 0 Å². The number of ketones is 2. The first-order valence-corrected chi connectivity index (χ1v) is 6.87. The molecule has 0 bridgehead atoms. The molecule has 0 saturated carbocycles. The third-order valence-corrected chi connectivity index (χ3v) is 3.48. The van der Waals surface area contributed by atoms with Crippen LogP contribution in [-0.4, -0.2) is 21.1 Å². The largest absolute Gasteiger partial charge is 0.347 e. The lowest BCUT2D eigenvalue weighted by molar-refractivity contribution is 0.102. The molecule has 0 aliphatic rings. The van der Waals surface area contributed by atoms with Gasteiger partial charge < -0.3 is 4.57 Å². The Hall–Kier alpha value is -3.01. The minimum absolute atomic E-state index is 0.100. The molecule has 4 nitrogen and oxygen atoms in total. The Labute approximate surface area is 128 Å². The Balaban J connectivity index is 1.95. The van der Waals surface area contributed by atoms with Crippen LogP contribution in [-0.2, 0) is 7.05 Å². The van der Waals surface area contributed by atoms with Gasteiger partial charge in [0, 0.05) is 42.3 Å². The van der Waals surface area contributed by atoms with E-state index < -0.39 is 0 Å². The van der Waals surface area contributed by atoms with Gasteiger partial charge in [-0.2, -0.15) is 0 Å². The molecule has 0 fully saturated rings. The van der Waals surface area contributed by atoms with Crippen molar-refractivity contribution in [1.29, 1.82) is 0 Å². The van der Waals surface area contributed by atoms with Crippen LogP contribution >= 0.6 is 0 Å². The molecular weight excluding hydrogens is 276 g/mol. The lowest BCUT2D eigenvalue weighted by atomic mass is 10.1. The molecule has 0 unspecified atom stereocenters. The highest BCUT2D eigenvalue weighted by molar-refractivity contribution is 6.13. The number of hydrogen-bond donors (Lipinski definition) is 0. The normalized spacial score (nSPS) is 10.4. The van der Waals surface area contributed by atoms with E-state index >= 15 is 0 Å². The lowest BCUT2D eigenvalue weighted by Gasteiger charge is -2.01. The summed E-state index contributed by atoms with van der Waals surface area (Å²) in [4.78, 5) is 28.8. The molecule has 2 aromatic heterocycles. The molecule has 1 aromatic carbocycles. The van der Waals surface area contributed by atoms with Gasteiger partial charge in [-0.05, 0) is 18.2 Å². The van der Waals surface area contributed by atoms with Crippen LogP contribution in [0.2, 0.25) is 0 Å². The zero-order valence-corrected chi connectivity index (χ0v) is 12.1. The Morgan fingerprint density at radius 3 is 2.18 bits per heavy atom. The molecule has 0 spiro atoms. The monoisotopic (exact) mass is 290 g/mol. The maximum absolute atomic E-state index is 12.5. The summed E-state index contributed by atoms with van der Waals surface area (Å²) in [5, 5.41) is 0. The average Bonchev–Trinajstić information content (AvgIpc) is 2.97. The van der Waals surface area contributed by atoms with Gasteiger partial charge in [0.25, 0.3) is 0 Å². The van der Waals surface area contributed by atoms with Gasteiger partial charge in [0.2, 0.25) is 5.78 Å². The summed E-state index contributed by atoms with van der Waals surface area (Å²) < 4.78 is 1.68. The Morgan fingerprint density at radius 1 is 0.864 bits per heavy atom. The number of rotatable bonds is 4. The van der Waals surface area contributed by atoms with Crippen LogP contribution < -0.4 is 0 Å². The summed E-state index contributed by atoms with van der Waals surface area (Å²) in [7, 11) is 1.76. The summed E-state index contributed by atoms with van der Waals surface area (Å²) in [6.45, 7) is 0. The van der Waals surface area contributed by atoms with E-state index in [1.807, 2.05) is 18.2 Å². The number of aromatic nitrogens is 2. The van der Waals surface area contributed by atoms with Crippen LogP contribution in [0.3, 0.4) is 0 Å². The van der Waals surface area contributed by atoms with Gasteiger partial charge >= 0.3 is 0 Å². The van der Waals surface area contributed by atoms with E-state index in [4.69, 9.17) is 0 Å². The number of nitrogens with zero attached hydrogens (tertiary/aromatic N) is 2. The molecule has 0 amide bonds. The second kappa shape index (κ2) is 5.77. The van der Waals surface area contributed by atoms with Gasteiger partial charge in [0.1, 0.15) is 0 Å². The molecule has 0 aliphatic carbocycles. The molecule has 4 heteroatoms. The molecular formula is C18H14N2O2. The summed E-state index contributed by atoms with van der Waals surface area (Å²) in [6, 6.07) is 14.0. The van der Waals surface area contributed by atoms with Crippen molar-refractivity contribution in [2.75, 3.05) is 0 Å². The van der Waals surface area contributed by atoms with Gasteiger partial charge in [0.15, 0.2) is 5.78 Å². The van der Waals surface area contributed by atoms with Crippen molar-refractivity contribution in [2.45, 2.75) is 0 Å². The van der Waals surface area contributed by atoms with Gasteiger partial charge in [-0.1, -0.05) is 30.3 Å².